The van der Waals surface area contributed by atoms with Crippen LogP contribution in [0.4, 0.5) is 0 Å². The lowest BCUT2D eigenvalue weighted by atomic mass is 10.2. The van der Waals surface area contributed by atoms with E-state index in [1.165, 1.54) is 0 Å². The number of nitrogens with one attached hydrogen (secondary N) is 2. The predicted octanol–water partition coefficient (Wildman–Crippen LogP) is 2.02. The van der Waals surface area contributed by atoms with E-state index in [0.29, 0.717) is 10.9 Å². The first-order chi connectivity index (χ1) is 8.81. The van der Waals surface area contributed by atoms with Crippen molar-refractivity contribution >= 4 is 10.0 Å². The van der Waals surface area contributed by atoms with Crippen molar-refractivity contribution in [3.8, 4) is 0 Å². The Labute approximate surface area is 115 Å². The van der Waals surface area contributed by atoms with E-state index in [4.69, 9.17) is 0 Å². The van der Waals surface area contributed by atoms with Gasteiger partial charge >= 0.3 is 0 Å². The fourth-order valence-corrected chi connectivity index (χ4v) is 3.25. The van der Waals surface area contributed by atoms with Crippen LogP contribution in [0.2, 0.25) is 0 Å². The van der Waals surface area contributed by atoms with Crippen LogP contribution in [-0.4, -0.2) is 20.0 Å². The van der Waals surface area contributed by atoms with E-state index in [1.807, 2.05) is 19.1 Å². The highest BCUT2D eigenvalue weighted by Crippen LogP contribution is 2.35. The summed E-state index contributed by atoms with van der Waals surface area (Å²) in [5.41, 5.74) is 0.863. The van der Waals surface area contributed by atoms with E-state index in [0.717, 1.165) is 24.9 Å². The number of sulfonamides is 1. The highest BCUT2D eigenvalue weighted by atomic mass is 32.2. The molecule has 19 heavy (non-hydrogen) atoms. The first kappa shape index (κ1) is 14.5. The molecule has 1 aliphatic carbocycles. The van der Waals surface area contributed by atoms with Crippen LogP contribution in [0.3, 0.4) is 0 Å². The molecule has 0 aromatic heterocycles. The van der Waals surface area contributed by atoms with Gasteiger partial charge in [-0.2, -0.15) is 0 Å². The molecule has 0 radical (unpaired) electrons. The van der Waals surface area contributed by atoms with Crippen LogP contribution < -0.4 is 10.0 Å². The van der Waals surface area contributed by atoms with Crippen molar-refractivity contribution in [3.63, 3.8) is 0 Å². The minimum Gasteiger partial charge on any atom is -0.310 e. The minimum absolute atomic E-state index is 0.225. The van der Waals surface area contributed by atoms with Gasteiger partial charge in [0, 0.05) is 18.1 Å². The van der Waals surface area contributed by atoms with Crippen molar-refractivity contribution in [2.45, 2.75) is 56.6 Å². The average molecular weight is 282 g/mol. The molecule has 0 unspecified atom stereocenters. The third-order valence-electron chi connectivity index (χ3n) is 3.33. The smallest absolute Gasteiger partial charge is 0.241 e. The van der Waals surface area contributed by atoms with Gasteiger partial charge in [0.05, 0.1) is 4.90 Å². The SMILES string of the molecule is CC(C)NCc1ccc(S(=O)(=O)NC2(C)CC2)cc1. The molecule has 4 nitrogen and oxygen atoms in total. The van der Waals surface area contributed by atoms with Crippen LogP contribution in [0.5, 0.6) is 0 Å². The first-order valence-corrected chi connectivity index (χ1v) is 8.15. The second kappa shape index (κ2) is 5.23. The van der Waals surface area contributed by atoms with Gasteiger partial charge in [0.1, 0.15) is 0 Å². The standard InChI is InChI=1S/C14H22N2O2S/c1-11(2)15-10-12-4-6-13(7-5-12)19(17,18)16-14(3)8-9-14/h4-7,11,15-16H,8-10H2,1-3H3. The maximum absolute atomic E-state index is 12.1. The zero-order chi connectivity index (χ0) is 14.1. The number of rotatable bonds is 6. The second-order valence-corrected chi connectivity index (χ2v) is 7.53. The lowest BCUT2D eigenvalue weighted by molar-refractivity contribution is 0.557. The van der Waals surface area contributed by atoms with Gasteiger partial charge in [-0.25, -0.2) is 13.1 Å². The van der Waals surface area contributed by atoms with Crippen molar-refractivity contribution in [1.82, 2.24) is 10.0 Å². The minimum atomic E-state index is -3.37. The van der Waals surface area contributed by atoms with Gasteiger partial charge in [-0.05, 0) is 37.5 Å². The Morgan fingerprint density at radius 2 is 1.79 bits per heavy atom. The molecule has 1 aliphatic rings. The third kappa shape index (κ3) is 4.03. The molecule has 0 aliphatic heterocycles. The summed E-state index contributed by atoms with van der Waals surface area (Å²) in [6, 6.07) is 7.48. The zero-order valence-corrected chi connectivity index (χ0v) is 12.5. The summed E-state index contributed by atoms with van der Waals surface area (Å²) >= 11 is 0. The monoisotopic (exact) mass is 282 g/mol. The zero-order valence-electron chi connectivity index (χ0n) is 11.7. The molecule has 0 bridgehead atoms. The van der Waals surface area contributed by atoms with Gasteiger partial charge in [0.25, 0.3) is 0 Å². The fraction of sp³-hybridized carbons (Fsp3) is 0.571. The van der Waals surface area contributed by atoms with Gasteiger partial charge < -0.3 is 5.32 Å². The molecule has 0 amide bonds. The van der Waals surface area contributed by atoms with Crippen molar-refractivity contribution in [2.24, 2.45) is 0 Å². The van der Waals surface area contributed by atoms with Crippen LogP contribution in [0, 0.1) is 0 Å². The molecule has 0 saturated heterocycles. The Balaban J connectivity index is 2.05. The summed E-state index contributed by atoms with van der Waals surface area (Å²) in [5, 5.41) is 3.30. The van der Waals surface area contributed by atoms with Gasteiger partial charge in [-0.3, -0.25) is 0 Å². The third-order valence-corrected chi connectivity index (χ3v) is 4.98. The Morgan fingerprint density at radius 3 is 2.26 bits per heavy atom. The molecule has 1 aromatic carbocycles. The van der Waals surface area contributed by atoms with Crippen molar-refractivity contribution in [2.75, 3.05) is 0 Å². The van der Waals surface area contributed by atoms with Gasteiger partial charge in [-0.15, -0.1) is 0 Å². The van der Waals surface area contributed by atoms with Crippen molar-refractivity contribution < 1.29 is 8.42 Å². The normalized spacial score (nSPS) is 17.7. The van der Waals surface area contributed by atoms with Gasteiger partial charge in [0.15, 0.2) is 0 Å². The summed E-state index contributed by atoms with van der Waals surface area (Å²) in [6.07, 6.45) is 1.84. The Morgan fingerprint density at radius 1 is 1.21 bits per heavy atom. The topological polar surface area (TPSA) is 58.2 Å². The van der Waals surface area contributed by atoms with Crippen molar-refractivity contribution in [3.05, 3.63) is 29.8 Å². The number of hydrogen-bond donors (Lipinski definition) is 2. The van der Waals surface area contributed by atoms with E-state index < -0.39 is 10.0 Å². The maximum Gasteiger partial charge on any atom is 0.241 e. The Bertz CT molecular complexity index is 531. The molecule has 0 heterocycles. The summed E-state index contributed by atoms with van der Waals surface area (Å²) in [4.78, 5) is 0.342. The fourth-order valence-electron chi connectivity index (χ4n) is 1.78. The number of benzene rings is 1. The summed E-state index contributed by atoms with van der Waals surface area (Å²) < 4.78 is 27.0. The quantitative estimate of drug-likeness (QED) is 0.839. The molecule has 106 valence electrons. The average Bonchev–Trinajstić information content (AvgIpc) is 3.03. The molecule has 2 N–H and O–H groups in total. The van der Waals surface area contributed by atoms with Gasteiger partial charge in [0.2, 0.25) is 10.0 Å². The van der Waals surface area contributed by atoms with E-state index in [-0.39, 0.29) is 5.54 Å². The molecule has 1 saturated carbocycles. The Hall–Kier alpha value is -0.910. The molecule has 1 fully saturated rings. The summed E-state index contributed by atoms with van der Waals surface area (Å²) in [6.45, 7) is 6.85. The van der Waals surface area contributed by atoms with Crippen LogP contribution in [-0.2, 0) is 16.6 Å². The highest BCUT2D eigenvalue weighted by Gasteiger charge is 2.41. The van der Waals surface area contributed by atoms with E-state index in [1.54, 1.807) is 12.1 Å². The largest absolute Gasteiger partial charge is 0.310 e. The van der Waals surface area contributed by atoms with Gasteiger partial charge in [-0.1, -0.05) is 26.0 Å². The number of hydrogen-bond acceptors (Lipinski definition) is 3. The highest BCUT2D eigenvalue weighted by molar-refractivity contribution is 7.89. The lowest BCUT2D eigenvalue weighted by Crippen LogP contribution is -2.34. The van der Waals surface area contributed by atoms with Crippen LogP contribution in [0.25, 0.3) is 0 Å². The van der Waals surface area contributed by atoms with Crippen LogP contribution in [0.15, 0.2) is 29.2 Å². The van der Waals surface area contributed by atoms with Crippen molar-refractivity contribution in [1.29, 1.82) is 0 Å². The summed E-state index contributed by atoms with van der Waals surface area (Å²) in [5.74, 6) is 0. The molecule has 0 spiro atoms. The summed E-state index contributed by atoms with van der Waals surface area (Å²) in [7, 11) is -3.37. The maximum atomic E-state index is 12.1. The first-order valence-electron chi connectivity index (χ1n) is 6.67. The second-order valence-electron chi connectivity index (χ2n) is 5.85. The molecule has 0 atom stereocenters. The van der Waals surface area contributed by atoms with E-state index in [9.17, 15) is 8.42 Å². The Kier molecular flexibility index (Phi) is 3.99. The molecular weight excluding hydrogens is 260 g/mol. The predicted molar refractivity (Wildman–Crippen MR) is 76.4 cm³/mol. The lowest BCUT2D eigenvalue weighted by Gasteiger charge is -2.13. The van der Waals surface area contributed by atoms with Crippen LogP contribution in [0.1, 0.15) is 39.2 Å². The van der Waals surface area contributed by atoms with E-state index in [2.05, 4.69) is 23.9 Å². The van der Waals surface area contributed by atoms with E-state index >= 15 is 0 Å². The molecule has 5 heteroatoms. The molecular formula is C14H22N2O2S. The molecule has 1 aromatic rings. The molecule has 2 rings (SSSR count). The van der Waals surface area contributed by atoms with Crippen LogP contribution >= 0.6 is 0 Å².